The largest absolute Gasteiger partial charge is 0.497 e. The van der Waals surface area contributed by atoms with Crippen LogP contribution in [0.5, 0.6) is 5.75 Å². The summed E-state index contributed by atoms with van der Waals surface area (Å²) in [7, 11) is 2.77. The molecule has 2 amide bonds. The first-order valence-corrected chi connectivity index (χ1v) is 10.1. The minimum Gasteiger partial charge on any atom is -0.497 e. The Balaban J connectivity index is 2.05. The number of hydrogen-bond donors (Lipinski definition) is 1. The summed E-state index contributed by atoms with van der Waals surface area (Å²) >= 11 is 0. The van der Waals surface area contributed by atoms with E-state index in [1.54, 1.807) is 31.4 Å². The summed E-state index contributed by atoms with van der Waals surface area (Å²) in [5.41, 5.74) is 0.482. The number of esters is 1. The predicted octanol–water partition coefficient (Wildman–Crippen LogP) is 2.18. The van der Waals surface area contributed by atoms with Gasteiger partial charge in [0.1, 0.15) is 18.1 Å². The summed E-state index contributed by atoms with van der Waals surface area (Å²) in [5.74, 6) is -0.704. The molecule has 32 heavy (non-hydrogen) atoms. The zero-order valence-electron chi connectivity index (χ0n) is 18.1. The van der Waals surface area contributed by atoms with Crippen LogP contribution in [0.4, 0.5) is 4.79 Å². The number of nitrogens with one attached hydrogen (secondary N) is 1. The Hall–Kier alpha value is -3.66. The molecule has 1 N–H and O–H groups in total. The van der Waals surface area contributed by atoms with Crippen LogP contribution in [-0.4, -0.2) is 72.6 Å². The SMILES string of the molecule is C=CCOC(=O)N(C(=O)c1cc(C(=O)OC)nn1-c1ccc(OC)cc1)C1CCNCC1. The fraction of sp³-hybridized carbons (Fsp3) is 0.364. The van der Waals surface area contributed by atoms with E-state index in [1.807, 2.05) is 0 Å². The van der Waals surface area contributed by atoms with Crippen molar-refractivity contribution >= 4 is 18.0 Å². The Labute approximate surface area is 185 Å². The molecule has 1 aromatic carbocycles. The number of carbonyl (C=O) groups is 3. The molecule has 0 saturated carbocycles. The number of nitrogens with zero attached hydrogens (tertiary/aromatic N) is 3. The zero-order valence-corrected chi connectivity index (χ0v) is 18.1. The van der Waals surface area contributed by atoms with Crippen molar-refractivity contribution in [1.29, 1.82) is 0 Å². The first-order valence-electron chi connectivity index (χ1n) is 10.1. The lowest BCUT2D eigenvalue weighted by Crippen LogP contribution is -2.49. The summed E-state index contributed by atoms with van der Waals surface area (Å²) in [6, 6.07) is 7.73. The van der Waals surface area contributed by atoms with E-state index in [0.717, 1.165) is 4.90 Å². The van der Waals surface area contributed by atoms with Crippen LogP contribution < -0.4 is 10.1 Å². The molecule has 10 nitrogen and oxygen atoms in total. The normalized spacial score (nSPS) is 13.8. The molecular formula is C22H26N4O6. The fourth-order valence-electron chi connectivity index (χ4n) is 3.44. The van der Waals surface area contributed by atoms with Gasteiger partial charge in [-0.25, -0.2) is 19.2 Å². The van der Waals surface area contributed by atoms with Crippen molar-refractivity contribution in [2.45, 2.75) is 18.9 Å². The second kappa shape index (κ2) is 10.6. The van der Waals surface area contributed by atoms with E-state index in [2.05, 4.69) is 17.0 Å². The maximum Gasteiger partial charge on any atom is 0.417 e. The Kier molecular flexibility index (Phi) is 7.61. The lowest BCUT2D eigenvalue weighted by atomic mass is 10.0. The molecule has 3 rings (SSSR count). The average Bonchev–Trinajstić information content (AvgIpc) is 3.28. The van der Waals surface area contributed by atoms with Crippen molar-refractivity contribution < 1.29 is 28.6 Å². The first kappa shape index (κ1) is 23.0. The molecule has 1 aromatic heterocycles. The van der Waals surface area contributed by atoms with E-state index in [0.29, 0.717) is 37.4 Å². The van der Waals surface area contributed by atoms with E-state index >= 15 is 0 Å². The van der Waals surface area contributed by atoms with Gasteiger partial charge in [-0.3, -0.25) is 4.79 Å². The summed E-state index contributed by atoms with van der Waals surface area (Å²) in [4.78, 5) is 39.7. The molecule has 10 heteroatoms. The van der Waals surface area contributed by atoms with Gasteiger partial charge in [-0.05, 0) is 50.2 Å². The number of hydrogen-bond acceptors (Lipinski definition) is 8. The van der Waals surface area contributed by atoms with Gasteiger partial charge in [0.05, 0.1) is 19.9 Å². The van der Waals surface area contributed by atoms with Gasteiger partial charge in [-0.1, -0.05) is 12.7 Å². The summed E-state index contributed by atoms with van der Waals surface area (Å²) in [5, 5.41) is 7.46. The molecule has 1 fully saturated rings. The van der Waals surface area contributed by atoms with E-state index in [4.69, 9.17) is 14.2 Å². The van der Waals surface area contributed by atoms with Crippen LogP contribution in [0.2, 0.25) is 0 Å². The van der Waals surface area contributed by atoms with Crippen LogP contribution in [0.25, 0.3) is 5.69 Å². The van der Waals surface area contributed by atoms with E-state index < -0.39 is 18.0 Å². The lowest BCUT2D eigenvalue weighted by Gasteiger charge is -2.32. The number of carbonyl (C=O) groups excluding carboxylic acids is 3. The van der Waals surface area contributed by atoms with Gasteiger partial charge in [-0.2, -0.15) is 5.10 Å². The van der Waals surface area contributed by atoms with E-state index in [-0.39, 0.29) is 24.0 Å². The zero-order chi connectivity index (χ0) is 23.1. The molecule has 0 bridgehead atoms. The topological polar surface area (TPSA) is 112 Å². The lowest BCUT2D eigenvalue weighted by molar-refractivity contribution is 0.0552. The number of amides is 2. The summed E-state index contributed by atoms with van der Waals surface area (Å²) < 4.78 is 16.4. The van der Waals surface area contributed by atoms with Crippen molar-refractivity contribution in [3.05, 3.63) is 54.4 Å². The van der Waals surface area contributed by atoms with Crippen LogP contribution in [0.15, 0.2) is 43.0 Å². The van der Waals surface area contributed by atoms with Crippen LogP contribution in [0.3, 0.4) is 0 Å². The van der Waals surface area contributed by atoms with Crippen molar-refractivity contribution in [2.24, 2.45) is 0 Å². The minimum atomic E-state index is -0.774. The number of aromatic nitrogens is 2. The van der Waals surface area contributed by atoms with Gasteiger partial charge >= 0.3 is 12.1 Å². The molecule has 0 atom stereocenters. The second-order valence-corrected chi connectivity index (χ2v) is 7.04. The Morgan fingerprint density at radius 3 is 2.50 bits per heavy atom. The number of ether oxygens (including phenoxy) is 3. The van der Waals surface area contributed by atoms with Gasteiger partial charge in [-0.15, -0.1) is 0 Å². The highest BCUT2D eigenvalue weighted by Crippen LogP contribution is 2.22. The van der Waals surface area contributed by atoms with E-state index in [1.165, 1.54) is 23.9 Å². The van der Waals surface area contributed by atoms with Gasteiger partial charge in [0.25, 0.3) is 5.91 Å². The summed E-state index contributed by atoms with van der Waals surface area (Å²) in [6.45, 7) is 4.83. The third-order valence-corrected chi connectivity index (χ3v) is 5.05. The highest BCUT2D eigenvalue weighted by atomic mass is 16.6. The van der Waals surface area contributed by atoms with Crippen molar-refractivity contribution in [3.63, 3.8) is 0 Å². The highest BCUT2D eigenvalue weighted by molar-refractivity contribution is 6.03. The maximum atomic E-state index is 13.6. The second-order valence-electron chi connectivity index (χ2n) is 7.04. The molecule has 1 saturated heterocycles. The molecule has 0 spiro atoms. The Bertz CT molecular complexity index is 979. The fourth-order valence-corrected chi connectivity index (χ4v) is 3.44. The van der Waals surface area contributed by atoms with Crippen LogP contribution in [0, 0.1) is 0 Å². The Morgan fingerprint density at radius 1 is 1.22 bits per heavy atom. The van der Waals surface area contributed by atoms with Crippen LogP contribution in [-0.2, 0) is 9.47 Å². The van der Waals surface area contributed by atoms with Crippen LogP contribution >= 0.6 is 0 Å². The first-order chi connectivity index (χ1) is 15.5. The molecule has 170 valence electrons. The number of rotatable bonds is 7. The quantitative estimate of drug-likeness (QED) is 0.513. The highest BCUT2D eigenvalue weighted by Gasteiger charge is 2.35. The smallest absolute Gasteiger partial charge is 0.417 e. The molecular weight excluding hydrogens is 416 g/mol. The Morgan fingerprint density at radius 2 is 1.91 bits per heavy atom. The molecule has 2 aromatic rings. The molecule has 2 heterocycles. The molecule has 0 aliphatic carbocycles. The monoisotopic (exact) mass is 442 g/mol. The standard InChI is InChI=1S/C22H26N4O6/c1-4-13-32-22(29)25(15-9-11-23-12-10-15)20(27)19-14-18(21(28)31-3)24-26(19)16-5-7-17(30-2)8-6-16/h4-8,14-15,23H,1,9-13H2,2-3H3. The molecule has 0 radical (unpaired) electrons. The maximum absolute atomic E-state index is 13.6. The van der Waals surface area contributed by atoms with Gasteiger partial charge in [0, 0.05) is 12.1 Å². The third-order valence-electron chi connectivity index (χ3n) is 5.05. The minimum absolute atomic E-state index is 0.0290. The van der Waals surface area contributed by atoms with E-state index in [9.17, 15) is 14.4 Å². The number of benzene rings is 1. The van der Waals surface area contributed by atoms with Crippen molar-refractivity contribution in [3.8, 4) is 11.4 Å². The van der Waals surface area contributed by atoms with Gasteiger partial charge in [0.15, 0.2) is 5.69 Å². The third kappa shape index (κ3) is 4.97. The van der Waals surface area contributed by atoms with Gasteiger partial charge < -0.3 is 19.5 Å². The molecule has 1 aliphatic rings. The number of methoxy groups -OCH3 is 2. The number of imide groups is 1. The molecule has 1 aliphatic heterocycles. The predicted molar refractivity (Wildman–Crippen MR) is 115 cm³/mol. The van der Waals surface area contributed by atoms with Gasteiger partial charge in [0.2, 0.25) is 0 Å². The van der Waals surface area contributed by atoms with Crippen LogP contribution in [0.1, 0.15) is 33.8 Å². The molecule has 0 unspecified atom stereocenters. The number of piperidine rings is 1. The van der Waals surface area contributed by atoms with Crippen molar-refractivity contribution in [2.75, 3.05) is 33.9 Å². The average molecular weight is 442 g/mol. The summed E-state index contributed by atoms with van der Waals surface area (Å²) in [6.07, 6.45) is 1.81. The van der Waals surface area contributed by atoms with Crippen molar-refractivity contribution in [1.82, 2.24) is 20.0 Å².